The van der Waals surface area contributed by atoms with Gasteiger partial charge in [0.25, 0.3) is 0 Å². The quantitative estimate of drug-likeness (QED) is 0.645. The lowest BCUT2D eigenvalue weighted by Gasteiger charge is -2.14. The normalized spacial score (nSPS) is 18.9. The van der Waals surface area contributed by atoms with Crippen molar-refractivity contribution in [2.45, 2.75) is 45.6 Å². The number of pyridine rings is 1. The highest BCUT2D eigenvalue weighted by Crippen LogP contribution is 2.29. The molecule has 1 aromatic rings. The maximum absolute atomic E-state index is 11.8. The lowest BCUT2D eigenvalue weighted by atomic mass is 10.0. The van der Waals surface area contributed by atoms with Crippen molar-refractivity contribution in [2.75, 3.05) is 6.61 Å². The van der Waals surface area contributed by atoms with Gasteiger partial charge < -0.3 is 9.84 Å². The van der Waals surface area contributed by atoms with Crippen LogP contribution >= 0.6 is 0 Å². The van der Waals surface area contributed by atoms with Crippen molar-refractivity contribution >= 4 is 5.97 Å². The van der Waals surface area contributed by atoms with Gasteiger partial charge in [0.05, 0.1) is 24.0 Å². The molecule has 0 amide bonds. The van der Waals surface area contributed by atoms with E-state index in [2.05, 4.69) is 4.98 Å². The summed E-state index contributed by atoms with van der Waals surface area (Å²) >= 11 is 0. The van der Waals surface area contributed by atoms with E-state index in [1.165, 1.54) is 0 Å². The number of carbonyl (C=O) groups is 1. The summed E-state index contributed by atoms with van der Waals surface area (Å²) in [5, 5.41) is 10.1. The Kier molecular flexibility index (Phi) is 3.97. The molecule has 0 saturated carbocycles. The van der Waals surface area contributed by atoms with Gasteiger partial charge in [0, 0.05) is 11.3 Å². The molecule has 98 valence electrons. The van der Waals surface area contributed by atoms with Crippen molar-refractivity contribution < 1.29 is 14.6 Å². The van der Waals surface area contributed by atoms with Gasteiger partial charge in [0.15, 0.2) is 0 Å². The van der Waals surface area contributed by atoms with Crippen molar-refractivity contribution in [1.82, 2.24) is 4.98 Å². The SMILES string of the molecule is CCOC(=O)c1cc2c(nc1C)CCCCC2O. The Labute approximate surface area is 107 Å². The van der Waals surface area contributed by atoms with Gasteiger partial charge in [-0.1, -0.05) is 6.42 Å². The van der Waals surface area contributed by atoms with E-state index in [1.807, 2.05) is 6.92 Å². The molecule has 0 aromatic carbocycles. The molecule has 1 aliphatic carbocycles. The number of hydrogen-bond donors (Lipinski definition) is 1. The molecule has 1 atom stereocenters. The highest BCUT2D eigenvalue weighted by atomic mass is 16.5. The Morgan fingerprint density at radius 3 is 3.06 bits per heavy atom. The van der Waals surface area contributed by atoms with Crippen LogP contribution in [0.5, 0.6) is 0 Å². The van der Waals surface area contributed by atoms with Crippen LogP contribution in [0, 0.1) is 6.92 Å². The lowest BCUT2D eigenvalue weighted by Crippen LogP contribution is -2.12. The Hall–Kier alpha value is -1.42. The van der Waals surface area contributed by atoms with Crippen LogP contribution in [0.4, 0.5) is 0 Å². The first-order chi connectivity index (χ1) is 8.63. The first kappa shape index (κ1) is 13.0. The van der Waals surface area contributed by atoms with Gasteiger partial charge in [0.1, 0.15) is 0 Å². The van der Waals surface area contributed by atoms with Crippen molar-refractivity contribution in [2.24, 2.45) is 0 Å². The van der Waals surface area contributed by atoms with E-state index in [0.717, 1.165) is 36.9 Å². The molecule has 1 aliphatic rings. The zero-order chi connectivity index (χ0) is 13.1. The molecule has 2 rings (SSSR count). The summed E-state index contributed by atoms with van der Waals surface area (Å²) in [5.41, 5.74) is 2.87. The summed E-state index contributed by atoms with van der Waals surface area (Å²) in [7, 11) is 0. The molecule has 0 fully saturated rings. The number of nitrogens with zero attached hydrogens (tertiary/aromatic N) is 1. The van der Waals surface area contributed by atoms with Crippen molar-refractivity contribution in [1.29, 1.82) is 0 Å². The van der Waals surface area contributed by atoms with E-state index < -0.39 is 6.10 Å². The second-order valence-electron chi connectivity index (χ2n) is 4.64. The fraction of sp³-hybridized carbons (Fsp3) is 0.571. The highest BCUT2D eigenvalue weighted by molar-refractivity contribution is 5.90. The van der Waals surface area contributed by atoms with Crippen LogP contribution in [-0.4, -0.2) is 22.7 Å². The van der Waals surface area contributed by atoms with Crippen LogP contribution in [-0.2, 0) is 11.2 Å². The summed E-state index contributed by atoms with van der Waals surface area (Å²) in [4.78, 5) is 16.3. The molecule has 0 saturated heterocycles. The molecule has 1 unspecified atom stereocenters. The van der Waals surface area contributed by atoms with Gasteiger partial charge in [-0.05, 0) is 39.2 Å². The Balaban J connectivity index is 2.42. The second-order valence-corrected chi connectivity index (χ2v) is 4.64. The minimum Gasteiger partial charge on any atom is -0.462 e. The number of carbonyl (C=O) groups excluding carboxylic acids is 1. The molecule has 0 aliphatic heterocycles. The van der Waals surface area contributed by atoms with Crippen molar-refractivity contribution in [3.8, 4) is 0 Å². The van der Waals surface area contributed by atoms with Gasteiger partial charge in [0.2, 0.25) is 0 Å². The predicted molar refractivity (Wildman–Crippen MR) is 67.4 cm³/mol. The summed E-state index contributed by atoms with van der Waals surface area (Å²) in [5.74, 6) is -0.359. The number of hydrogen-bond acceptors (Lipinski definition) is 4. The maximum Gasteiger partial charge on any atom is 0.339 e. The third-order valence-corrected chi connectivity index (χ3v) is 3.32. The Bertz CT molecular complexity index is 457. The van der Waals surface area contributed by atoms with Crippen LogP contribution in [0.25, 0.3) is 0 Å². The number of ether oxygens (including phenoxy) is 1. The van der Waals surface area contributed by atoms with Gasteiger partial charge >= 0.3 is 5.97 Å². The van der Waals surface area contributed by atoms with E-state index >= 15 is 0 Å². The number of aliphatic hydroxyl groups is 1. The van der Waals surface area contributed by atoms with Crippen LogP contribution < -0.4 is 0 Å². The number of esters is 1. The number of aromatic nitrogens is 1. The standard InChI is InChI=1S/C14H19NO3/c1-3-18-14(17)10-8-11-12(15-9(10)2)6-4-5-7-13(11)16/h8,13,16H,3-7H2,1-2H3. The number of fused-ring (bicyclic) bond motifs is 1. The molecule has 1 aromatic heterocycles. The molecular formula is C14H19NO3. The zero-order valence-electron chi connectivity index (χ0n) is 10.9. The predicted octanol–water partition coefficient (Wildman–Crippen LogP) is 2.33. The first-order valence-corrected chi connectivity index (χ1v) is 6.49. The van der Waals surface area contributed by atoms with Crippen molar-refractivity contribution in [3.05, 3.63) is 28.6 Å². The molecular weight excluding hydrogens is 230 g/mol. The molecule has 0 bridgehead atoms. The largest absolute Gasteiger partial charge is 0.462 e. The Morgan fingerprint density at radius 1 is 1.56 bits per heavy atom. The van der Waals surface area contributed by atoms with E-state index in [0.29, 0.717) is 17.9 Å². The minimum atomic E-state index is -0.510. The van der Waals surface area contributed by atoms with E-state index in [4.69, 9.17) is 4.74 Å². The molecule has 1 heterocycles. The molecule has 4 nitrogen and oxygen atoms in total. The van der Waals surface area contributed by atoms with Crippen molar-refractivity contribution in [3.63, 3.8) is 0 Å². The summed E-state index contributed by atoms with van der Waals surface area (Å²) < 4.78 is 5.01. The maximum atomic E-state index is 11.8. The van der Waals surface area contributed by atoms with Crippen LogP contribution in [0.3, 0.4) is 0 Å². The summed E-state index contributed by atoms with van der Waals surface area (Å²) in [6, 6.07) is 1.76. The first-order valence-electron chi connectivity index (χ1n) is 6.49. The molecule has 4 heteroatoms. The number of aryl methyl sites for hydroxylation is 2. The average molecular weight is 249 g/mol. The van der Waals surface area contributed by atoms with Crippen LogP contribution in [0.1, 0.15) is 59.6 Å². The molecule has 1 N–H and O–H groups in total. The van der Waals surface area contributed by atoms with Gasteiger partial charge in [-0.3, -0.25) is 4.98 Å². The summed E-state index contributed by atoms with van der Waals surface area (Å²) in [6.45, 7) is 3.93. The van der Waals surface area contributed by atoms with Gasteiger partial charge in [-0.25, -0.2) is 4.79 Å². The number of rotatable bonds is 2. The second kappa shape index (κ2) is 5.48. The molecule has 18 heavy (non-hydrogen) atoms. The van der Waals surface area contributed by atoms with E-state index in [1.54, 1.807) is 13.0 Å². The van der Waals surface area contributed by atoms with Gasteiger partial charge in [-0.15, -0.1) is 0 Å². The summed E-state index contributed by atoms with van der Waals surface area (Å²) in [6.07, 6.45) is 3.13. The van der Waals surface area contributed by atoms with Crippen LogP contribution in [0.15, 0.2) is 6.07 Å². The monoisotopic (exact) mass is 249 g/mol. The molecule has 0 radical (unpaired) electrons. The fourth-order valence-corrected chi connectivity index (χ4v) is 2.36. The van der Waals surface area contributed by atoms with Gasteiger partial charge in [-0.2, -0.15) is 0 Å². The Morgan fingerprint density at radius 2 is 2.33 bits per heavy atom. The van der Waals surface area contributed by atoms with E-state index in [9.17, 15) is 9.90 Å². The number of aliphatic hydroxyl groups excluding tert-OH is 1. The zero-order valence-corrected chi connectivity index (χ0v) is 10.9. The smallest absolute Gasteiger partial charge is 0.339 e. The van der Waals surface area contributed by atoms with E-state index in [-0.39, 0.29) is 5.97 Å². The third kappa shape index (κ3) is 2.53. The third-order valence-electron chi connectivity index (χ3n) is 3.32. The highest BCUT2D eigenvalue weighted by Gasteiger charge is 2.21. The average Bonchev–Trinajstić information content (AvgIpc) is 2.51. The lowest BCUT2D eigenvalue weighted by molar-refractivity contribution is 0.0524. The topological polar surface area (TPSA) is 59.4 Å². The molecule has 0 spiro atoms. The van der Waals surface area contributed by atoms with Crippen LogP contribution in [0.2, 0.25) is 0 Å². The minimum absolute atomic E-state index is 0.345. The fourth-order valence-electron chi connectivity index (χ4n) is 2.36.